The molecule has 5 aliphatic rings. The first-order valence-electron chi connectivity index (χ1n) is 14.6. The quantitative estimate of drug-likeness (QED) is 0.303. The molecule has 37 heavy (non-hydrogen) atoms. The van der Waals surface area contributed by atoms with E-state index in [4.69, 9.17) is 0 Å². The van der Waals surface area contributed by atoms with E-state index in [0.29, 0.717) is 24.2 Å². The van der Waals surface area contributed by atoms with Crippen LogP contribution in [0.4, 0.5) is 0 Å². The van der Waals surface area contributed by atoms with Crippen molar-refractivity contribution in [2.75, 3.05) is 0 Å². The number of carboxylic acids is 1. The van der Waals surface area contributed by atoms with E-state index in [1.54, 1.807) is 0 Å². The summed E-state index contributed by atoms with van der Waals surface area (Å²) in [6.45, 7) is 15.7. The van der Waals surface area contributed by atoms with Gasteiger partial charge in [-0.1, -0.05) is 48.5 Å². The van der Waals surface area contributed by atoms with Crippen LogP contribution in [-0.4, -0.2) is 27.7 Å². The molecule has 5 rings (SSSR count). The minimum atomic E-state index is -0.730. The number of carbonyl (C=O) groups is 3. The van der Waals surface area contributed by atoms with Gasteiger partial charge >= 0.3 is 5.97 Å². The van der Waals surface area contributed by atoms with Gasteiger partial charge in [0.05, 0.1) is 12.7 Å². The van der Waals surface area contributed by atoms with E-state index < -0.39 is 11.4 Å². The maximum absolute atomic E-state index is 14.4. The number of aliphatic hydroxyl groups excluding tert-OH is 1. The summed E-state index contributed by atoms with van der Waals surface area (Å²) < 4.78 is 0. The van der Waals surface area contributed by atoms with Crippen LogP contribution in [0.3, 0.4) is 0 Å². The van der Waals surface area contributed by atoms with Crippen molar-refractivity contribution in [1.29, 1.82) is 0 Å². The van der Waals surface area contributed by atoms with E-state index in [1.165, 1.54) is 0 Å². The SMILES string of the molecule is CC1(C)CC[C@]2(CC(=O)O)CC[C@]3(C)[C@H](C(=O)C[C@@H]4[C@@]5(C)C/C(=C/O)C(=O)C(C)(C)[C@@H]5CC[C@]43C)[C@@H]2C1. The van der Waals surface area contributed by atoms with Crippen LogP contribution in [0.25, 0.3) is 0 Å². The Hall–Kier alpha value is -1.65. The molecule has 0 unspecified atom stereocenters. The molecule has 2 N–H and O–H groups in total. The third-order valence-corrected chi connectivity index (χ3v) is 13.4. The Morgan fingerprint density at radius 3 is 2.19 bits per heavy atom. The number of aliphatic hydroxyl groups is 1. The zero-order valence-electron chi connectivity index (χ0n) is 24.1. The maximum Gasteiger partial charge on any atom is 0.303 e. The monoisotopic (exact) mass is 512 g/mol. The molecule has 5 fully saturated rings. The molecule has 8 atom stereocenters. The predicted molar refractivity (Wildman–Crippen MR) is 143 cm³/mol. The summed E-state index contributed by atoms with van der Waals surface area (Å²) in [7, 11) is 0. The summed E-state index contributed by atoms with van der Waals surface area (Å²) in [5.41, 5.74) is -0.755. The average molecular weight is 513 g/mol. The summed E-state index contributed by atoms with van der Waals surface area (Å²) in [6, 6.07) is 0. The predicted octanol–water partition coefficient (Wildman–Crippen LogP) is 7.14. The molecular weight excluding hydrogens is 464 g/mol. The molecule has 0 aliphatic heterocycles. The number of carbonyl (C=O) groups excluding carboxylic acids is 2. The number of allylic oxidation sites excluding steroid dienone is 1. The highest BCUT2D eigenvalue weighted by molar-refractivity contribution is 6.00. The Morgan fingerprint density at radius 2 is 1.57 bits per heavy atom. The third-order valence-electron chi connectivity index (χ3n) is 13.4. The Labute approximate surface area is 222 Å². The van der Waals surface area contributed by atoms with Gasteiger partial charge in [0, 0.05) is 23.3 Å². The van der Waals surface area contributed by atoms with E-state index in [-0.39, 0.29) is 63.0 Å². The molecule has 5 heteroatoms. The first-order chi connectivity index (χ1) is 17.0. The Balaban J connectivity index is 1.61. The van der Waals surface area contributed by atoms with Crippen molar-refractivity contribution in [1.82, 2.24) is 0 Å². The van der Waals surface area contributed by atoms with Crippen molar-refractivity contribution in [3.8, 4) is 0 Å². The summed E-state index contributed by atoms with van der Waals surface area (Å²) in [4.78, 5) is 39.8. The van der Waals surface area contributed by atoms with Crippen LogP contribution in [0.15, 0.2) is 11.8 Å². The second kappa shape index (κ2) is 7.94. The zero-order chi connectivity index (χ0) is 27.4. The molecule has 0 radical (unpaired) electrons. The molecule has 0 aromatic carbocycles. The van der Waals surface area contributed by atoms with Gasteiger partial charge in [-0.2, -0.15) is 0 Å². The Bertz CT molecular complexity index is 1070. The largest absolute Gasteiger partial charge is 0.515 e. The molecule has 0 bridgehead atoms. The molecular formula is C32H48O5. The fourth-order valence-corrected chi connectivity index (χ4v) is 11.4. The van der Waals surface area contributed by atoms with E-state index in [9.17, 15) is 24.6 Å². The van der Waals surface area contributed by atoms with Crippen molar-refractivity contribution in [3.63, 3.8) is 0 Å². The van der Waals surface area contributed by atoms with Crippen molar-refractivity contribution in [3.05, 3.63) is 11.8 Å². The molecule has 0 aromatic rings. The number of rotatable bonds is 2. The van der Waals surface area contributed by atoms with Gasteiger partial charge in [-0.25, -0.2) is 0 Å². The number of carboxylic acid groups (broad SMARTS) is 1. The highest BCUT2D eigenvalue weighted by atomic mass is 16.4. The van der Waals surface area contributed by atoms with Gasteiger partial charge in [0.1, 0.15) is 5.78 Å². The summed E-state index contributed by atoms with van der Waals surface area (Å²) in [6.07, 6.45) is 8.81. The lowest BCUT2D eigenvalue weighted by Gasteiger charge is -2.72. The number of fused-ring (bicyclic) bond motifs is 7. The van der Waals surface area contributed by atoms with E-state index in [2.05, 4.69) is 34.6 Å². The molecule has 0 aromatic heterocycles. The molecule has 0 saturated heterocycles. The smallest absolute Gasteiger partial charge is 0.303 e. The molecule has 5 aliphatic carbocycles. The van der Waals surface area contributed by atoms with Crippen molar-refractivity contribution in [2.24, 2.45) is 56.2 Å². The van der Waals surface area contributed by atoms with Crippen molar-refractivity contribution in [2.45, 2.75) is 113 Å². The lowest BCUT2D eigenvalue weighted by molar-refractivity contribution is -0.232. The number of hydrogen-bond donors (Lipinski definition) is 2. The molecule has 0 amide bonds. The first kappa shape index (κ1) is 26.9. The third kappa shape index (κ3) is 3.43. The fourth-order valence-electron chi connectivity index (χ4n) is 11.4. The van der Waals surface area contributed by atoms with E-state index in [0.717, 1.165) is 51.2 Å². The van der Waals surface area contributed by atoms with E-state index in [1.807, 2.05) is 13.8 Å². The Morgan fingerprint density at radius 1 is 0.919 bits per heavy atom. The lowest BCUT2D eigenvalue weighted by atomic mass is 9.31. The average Bonchev–Trinajstić information content (AvgIpc) is 2.78. The van der Waals surface area contributed by atoms with Crippen LogP contribution in [0.5, 0.6) is 0 Å². The van der Waals surface area contributed by atoms with Gasteiger partial charge in [-0.05, 0) is 96.2 Å². The van der Waals surface area contributed by atoms with Gasteiger partial charge in [0.2, 0.25) is 0 Å². The van der Waals surface area contributed by atoms with Crippen LogP contribution < -0.4 is 0 Å². The molecule has 206 valence electrons. The highest BCUT2D eigenvalue weighted by Crippen LogP contribution is 2.76. The summed E-state index contributed by atoms with van der Waals surface area (Å²) in [5.74, 6) is -0.0389. The van der Waals surface area contributed by atoms with Gasteiger partial charge in [-0.15, -0.1) is 0 Å². The van der Waals surface area contributed by atoms with Crippen LogP contribution >= 0.6 is 0 Å². The second-order valence-electron chi connectivity index (χ2n) is 15.9. The fraction of sp³-hybridized carbons (Fsp3) is 0.844. The molecule has 5 nitrogen and oxygen atoms in total. The lowest BCUT2D eigenvalue weighted by Crippen LogP contribution is -2.69. The van der Waals surface area contributed by atoms with Gasteiger partial charge in [0.15, 0.2) is 5.78 Å². The van der Waals surface area contributed by atoms with Crippen LogP contribution in [-0.2, 0) is 14.4 Å². The number of ketones is 2. The minimum absolute atomic E-state index is 0.0489. The number of hydrogen-bond acceptors (Lipinski definition) is 4. The topological polar surface area (TPSA) is 91.7 Å². The van der Waals surface area contributed by atoms with Crippen molar-refractivity contribution < 1.29 is 24.6 Å². The van der Waals surface area contributed by atoms with Crippen LogP contribution in [0, 0.1) is 56.2 Å². The van der Waals surface area contributed by atoms with Gasteiger partial charge in [-0.3, -0.25) is 14.4 Å². The number of Topliss-reactive ketones (excluding diaryl/α,β-unsaturated/α-hetero) is 2. The molecule has 0 heterocycles. The van der Waals surface area contributed by atoms with E-state index >= 15 is 0 Å². The van der Waals surface area contributed by atoms with Crippen molar-refractivity contribution >= 4 is 17.5 Å². The van der Waals surface area contributed by atoms with Gasteiger partial charge < -0.3 is 10.2 Å². The highest BCUT2D eigenvalue weighted by Gasteiger charge is 2.72. The standard InChI is InChI=1S/C32H48O5/c1-27(2)10-12-32(17-24(35)36)13-11-31(7)25(20(32)16-27)21(34)14-23-29(5)15-19(18-33)26(37)28(3,4)22(29)8-9-30(23,31)6/h18,20,22-23,25,33H,8-17H2,1-7H3,(H,35,36)/b19-18-/t20-,22-,23+,25-,29-,30+,31+,32+/m0/s1. The first-order valence-corrected chi connectivity index (χ1v) is 14.6. The summed E-state index contributed by atoms with van der Waals surface area (Å²) in [5, 5.41) is 20.0. The normalized spacial score (nSPS) is 49.4. The summed E-state index contributed by atoms with van der Waals surface area (Å²) >= 11 is 0. The maximum atomic E-state index is 14.4. The second-order valence-corrected chi connectivity index (χ2v) is 15.9. The molecule has 5 saturated carbocycles. The minimum Gasteiger partial charge on any atom is -0.515 e. The van der Waals surface area contributed by atoms with Gasteiger partial charge in [0.25, 0.3) is 0 Å². The zero-order valence-corrected chi connectivity index (χ0v) is 24.1. The number of aliphatic carboxylic acids is 1. The van der Waals surface area contributed by atoms with Crippen LogP contribution in [0.2, 0.25) is 0 Å². The Kier molecular flexibility index (Phi) is 5.78. The van der Waals surface area contributed by atoms with Crippen LogP contribution in [0.1, 0.15) is 113 Å². The molecule has 0 spiro atoms.